The van der Waals surface area contributed by atoms with Crippen LogP contribution in [0.15, 0.2) is 30.5 Å². The molecule has 0 amide bonds. The van der Waals surface area contributed by atoms with Gasteiger partial charge >= 0.3 is 12.1 Å². The first-order valence-electron chi connectivity index (χ1n) is 6.59. The Kier molecular flexibility index (Phi) is 4.48. The molecule has 0 aliphatic heterocycles. The number of hydrogen-bond acceptors (Lipinski definition) is 4. The number of carbonyl (C=O) groups is 1. The number of halogens is 3. The van der Waals surface area contributed by atoms with Gasteiger partial charge in [0.15, 0.2) is 5.69 Å². The Balaban J connectivity index is 2.09. The fourth-order valence-electron chi connectivity index (χ4n) is 1.88. The Labute approximate surface area is 124 Å². The van der Waals surface area contributed by atoms with E-state index in [1.807, 2.05) is 0 Å². The van der Waals surface area contributed by atoms with Crippen LogP contribution in [-0.2, 0) is 17.5 Å². The minimum atomic E-state index is -4.39. The lowest BCUT2D eigenvalue weighted by atomic mass is 10.1. The van der Waals surface area contributed by atoms with E-state index in [0.29, 0.717) is 12.1 Å². The molecule has 1 atom stereocenters. The Morgan fingerprint density at radius 2 is 1.95 bits per heavy atom. The zero-order chi connectivity index (χ0) is 16.3. The fourth-order valence-corrected chi connectivity index (χ4v) is 1.88. The van der Waals surface area contributed by atoms with Crippen molar-refractivity contribution in [3.05, 3.63) is 47.3 Å². The van der Waals surface area contributed by atoms with Crippen LogP contribution >= 0.6 is 0 Å². The number of esters is 1. The van der Waals surface area contributed by atoms with Gasteiger partial charge in [-0.25, -0.2) is 9.48 Å². The van der Waals surface area contributed by atoms with Crippen molar-refractivity contribution >= 4 is 5.97 Å². The van der Waals surface area contributed by atoms with Crippen molar-refractivity contribution < 1.29 is 22.7 Å². The molecule has 0 aliphatic rings. The van der Waals surface area contributed by atoms with E-state index in [-0.39, 0.29) is 5.69 Å². The maximum absolute atomic E-state index is 12.5. The number of carbonyl (C=O) groups excluding carboxylic acids is 1. The molecule has 1 heterocycles. The van der Waals surface area contributed by atoms with E-state index in [0.717, 1.165) is 12.1 Å². The van der Waals surface area contributed by atoms with E-state index in [1.54, 1.807) is 13.8 Å². The van der Waals surface area contributed by atoms with Crippen molar-refractivity contribution in [1.82, 2.24) is 15.0 Å². The quantitative estimate of drug-likeness (QED) is 0.813. The van der Waals surface area contributed by atoms with Gasteiger partial charge in [0.1, 0.15) is 6.10 Å². The summed E-state index contributed by atoms with van der Waals surface area (Å²) in [6.07, 6.45) is -3.79. The fraction of sp³-hybridized carbons (Fsp3) is 0.357. The van der Waals surface area contributed by atoms with Crippen LogP contribution in [0.2, 0.25) is 0 Å². The summed E-state index contributed by atoms with van der Waals surface area (Å²) in [7, 11) is 0. The van der Waals surface area contributed by atoms with Crippen LogP contribution < -0.4 is 0 Å². The second-order valence-corrected chi connectivity index (χ2v) is 4.60. The third-order valence-corrected chi connectivity index (χ3v) is 3.12. The molecule has 1 aromatic heterocycles. The second-order valence-electron chi connectivity index (χ2n) is 4.60. The molecule has 0 bridgehead atoms. The molecule has 0 saturated heterocycles. The van der Waals surface area contributed by atoms with Crippen LogP contribution in [0.3, 0.4) is 0 Å². The van der Waals surface area contributed by atoms with E-state index in [2.05, 4.69) is 10.3 Å². The minimum absolute atomic E-state index is 0.196. The number of nitrogens with zero attached hydrogens (tertiary/aromatic N) is 3. The largest absolute Gasteiger partial charge is 0.453 e. The lowest BCUT2D eigenvalue weighted by Gasteiger charge is -2.14. The molecule has 22 heavy (non-hydrogen) atoms. The highest BCUT2D eigenvalue weighted by Gasteiger charge is 2.30. The van der Waals surface area contributed by atoms with Crippen LogP contribution in [0.5, 0.6) is 0 Å². The molecule has 0 fully saturated rings. The minimum Gasteiger partial charge on any atom is -0.453 e. The van der Waals surface area contributed by atoms with Crippen molar-refractivity contribution in [1.29, 1.82) is 0 Å². The predicted molar refractivity (Wildman–Crippen MR) is 71.0 cm³/mol. The summed E-state index contributed by atoms with van der Waals surface area (Å²) in [5.41, 5.74) is -0.0822. The van der Waals surface area contributed by atoms with Gasteiger partial charge in [-0.15, -0.1) is 5.10 Å². The zero-order valence-electron chi connectivity index (χ0n) is 12.0. The lowest BCUT2D eigenvalue weighted by molar-refractivity contribution is -0.137. The van der Waals surface area contributed by atoms with Crippen molar-refractivity contribution in [2.75, 3.05) is 0 Å². The number of aryl methyl sites for hydroxylation is 1. The smallest absolute Gasteiger partial charge is 0.416 e. The van der Waals surface area contributed by atoms with Gasteiger partial charge in [-0.2, -0.15) is 13.2 Å². The Bertz CT molecular complexity index is 650. The lowest BCUT2D eigenvalue weighted by Crippen LogP contribution is -2.15. The molecular formula is C14H14F3N3O2. The van der Waals surface area contributed by atoms with Gasteiger partial charge < -0.3 is 4.74 Å². The van der Waals surface area contributed by atoms with Crippen LogP contribution in [0, 0.1) is 0 Å². The summed E-state index contributed by atoms with van der Waals surface area (Å²) < 4.78 is 44.1. The summed E-state index contributed by atoms with van der Waals surface area (Å²) in [5, 5.41) is 7.34. The highest BCUT2D eigenvalue weighted by Crippen LogP contribution is 2.30. The van der Waals surface area contributed by atoms with Gasteiger partial charge in [-0.05, 0) is 31.5 Å². The summed E-state index contributed by atoms with van der Waals surface area (Å²) in [6.45, 7) is 3.84. The highest BCUT2D eigenvalue weighted by atomic mass is 19.4. The predicted octanol–water partition coefficient (Wildman–Crippen LogP) is 3.23. The first-order valence-corrected chi connectivity index (χ1v) is 6.59. The number of aromatic nitrogens is 3. The van der Waals surface area contributed by atoms with E-state index >= 15 is 0 Å². The number of rotatable bonds is 4. The average Bonchev–Trinajstić information content (AvgIpc) is 2.95. The molecule has 2 rings (SSSR count). The maximum atomic E-state index is 12.5. The van der Waals surface area contributed by atoms with E-state index < -0.39 is 23.8 Å². The molecule has 0 saturated carbocycles. The molecule has 8 heteroatoms. The molecule has 2 aromatic rings. The first-order chi connectivity index (χ1) is 10.3. The van der Waals surface area contributed by atoms with E-state index in [4.69, 9.17) is 4.74 Å². The van der Waals surface area contributed by atoms with E-state index in [9.17, 15) is 18.0 Å². The number of hydrogen-bond donors (Lipinski definition) is 0. The second kappa shape index (κ2) is 6.17. The van der Waals surface area contributed by atoms with Gasteiger partial charge in [0.2, 0.25) is 0 Å². The summed E-state index contributed by atoms with van der Waals surface area (Å²) in [4.78, 5) is 12.0. The molecule has 5 nitrogen and oxygen atoms in total. The van der Waals surface area contributed by atoms with Crippen LogP contribution in [0.25, 0.3) is 0 Å². The first kappa shape index (κ1) is 16.0. The van der Waals surface area contributed by atoms with Crippen LogP contribution in [-0.4, -0.2) is 21.0 Å². The molecule has 0 spiro atoms. The third kappa shape index (κ3) is 3.44. The number of ether oxygens (including phenoxy) is 1. The topological polar surface area (TPSA) is 57.0 Å². The molecular weight excluding hydrogens is 299 g/mol. The number of alkyl halides is 3. The average molecular weight is 313 g/mol. The molecule has 1 aromatic carbocycles. The molecule has 0 unspecified atom stereocenters. The standard InChI is InChI=1S/C14H14F3N3O2/c1-3-20-12(8-18-19-20)13(21)22-9(2)10-4-6-11(7-5-10)14(15,16)17/h4-9H,3H2,1-2H3/t9-/m1/s1. The maximum Gasteiger partial charge on any atom is 0.416 e. The molecule has 0 radical (unpaired) electrons. The molecule has 0 aliphatic carbocycles. The van der Waals surface area contributed by atoms with Gasteiger partial charge in [0.05, 0.1) is 11.8 Å². The van der Waals surface area contributed by atoms with E-state index in [1.165, 1.54) is 23.0 Å². The number of benzene rings is 1. The molecule has 118 valence electrons. The SMILES string of the molecule is CCn1nncc1C(=O)O[C@H](C)c1ccc(C(F)(F)F)cc1. The van der Waals surface area contributed by atoms with Crippen molar-refractivity contribution in [3.63, 3.8) is 0 Å². The summed E-state index contributed by atoms with van der Waals surface area (Å²) in [6, 6.07) is 4.49. The van der Waals surface area contributed by atoms with Crippen molar-refractivity contribution in [2.24, 2.45) is 0 Å². The van der Waals surface area contributed by atoms with Gasteiger partial charge in [0.25, 0.3) is 0 Å². The third-order valence-electron chi connectivity index (χ3n) is 3.12. The Morgan fingerprint density at radius 3 is 2.50 bits per heavy atom. The molecule has 0 N–H and O–H groups in total. The van der Waals surface area contributed by atoms with Gasteiger partial charge in [0, 0.05) is 6.54 Å². The zero-order valence-corrected chi connectivity index (χ0v) is 12.0. The highest BCUT2D eigenvalue weighted by molar-refractivity contribution is 5.87. The van der Waals surface area contributed by atoms with Gasteiger partial charge in [-0.1, -0.05) is 17.3 Å². The Morgan fingerprint density at radius 1 is 1.32 bits per heavy atom. The van der Waals surface area contributed by atoms with Crippen molar-refractivity contribution in [2.45, 2.75) is 32.7 Å². The van der Waals surface area contributed by atoms with Crippen molar-refractivity contribution in [3.8, 4) is 0 Å². The summed E-state index contributed by atoms with van der Waals surface area (Å²) >= 11 is 0. The van der Waals surface area contributed by atoms with Crippen LogP contribution in [0.4, 0.5) is 13.2 Å². The normalized spacial score (nSPS) is 13.0. The monoisotopic (exact) mass is 313 g/mol. The van der Waals surface area contributed by atoms with Gasteiger partial charge in [-0.3, -0.25) is 0 Å². The Hall–Kier alpha value is -2.38. The van der Waals surface area contributed by atoms with Crippen LogP contribution in [0.1, 0.15) is 41.6 Å². The summed E-state index contributed by atoms with van der Waals surface area (Å²) in [5.74, 6) is -0.626.